The maximum atomic E-state index is 13.8. The highest BCUT2D eigenvalue weighted by Crippen LogP contribution is 2.14. The molecule has 20 heavy (non-hydrogen) atoms. The first-order chi connectivity index (χ1) is 9.67. The van der Waals surface area contributed by atoms with Gasteiger partial charge in [-0.3, -0.25) is 4.90 Å². The third kappa shape index (κ3) is 6.32. The van der Waals surface area contributed by atoms with Gasteiger partial charge >= 0.3 is 0 Å². The van der Waals surface area contributed by atoms with Gasteiger partial charge in [0.15, 0.2) is 0 Å². The zero-order chi connectivity index (χ0) is 14.8. The van der Waals surface area contributed by atoms with Crippen molar-refractivity contribution >= 4 is 5.69 Å². The molecule has 0 saturated carbocycles. The van der Waals surface area contributed by atoms with Crippen LogP contribution in [-0.2, 0) is 16.0 Å². The van der Waals surface area contributed by atoms with Gasteiger partial charge in [-0.05, 0) is 26.0 Å². The molecule has 0 heterocycles. The predicted octanol–water partition coefficient (Wildman–Crippen LogP) is 2.28. The van der Waals surface area contributed by atoms with Crippen LogP contribution in [0.1, 0.15) is 19.4 Å². The minimum atomic E-state index is -0.261. The first-order valence-corrected chi connectivity index (χ1v) is 7.09. The summed E-state index contributed by atoms with van der Waals surface area (Å²) in [7, 11) is 0. The zero-order valence-electron chi connectivity index (χ0n) is 12.4. The van der Waals surface area contributed by atoms with Crippen molar-refractivity contribution in [2.75, 3.05) is 45.3 Å². The fraction of sp³-hybridized carbons (Fsp3) is 0.600. The molecule has 2 N–H and O–H groups in total. The number of ether oxygens (including phenoxy) is 2. The Hall–Kier alpha value is -1.17. The number of halogens is 1. The van der Waals surface area contributed by atoms with Crippen molar-refractivity contribution in [3.05, 3.63) is 29.6 Å². The monoisotopic (exact) mass is 284 g/mol. The van der Waals surface area contributed by atoms with Crippen LogP contribution in [0.3, 0.4) is 0 Å². The lowest BCUT2D eigenvalue weighted by Crippen LogP contribution is -2.31. The van der Waals surface area contributed by atoms with E-state index >= 15 is 0 Å². The van der Waals surface area contributed by atoms with E-state index < -0.39 is 0 Å². The number of benzene rings is 1. The third-order valence-corrected chi connectivity index (χ3v) is 2.98. The second kappa shape index (κ2) is 9.69. The summed E-state index contributed by atoms with van der Waals surface area (Å²) in [5.74, 6) is -0.261. The quantitative estimate of drug-likeness (QED) is 0.529. The van der Waals surface area contributed by atoms with Gasteiger partial charge < -0.3 is 15.2 Å². The fourth-order valence-corrected chi connectivity index (χ4v) is 1.88. The molecule has 0 amide bonds. The van der Waals surface area contributed by atoms with E-state index in [0.29, 0.717) is 44.2 Å². The standard InChI is InChI=1S/C15H25FN2O2/c1-3-19-9-7-18(8-10-20-4-2)12-13-5-6-14(17)11-15(13)16/h5-6,11H,3-4,7-10,12,17H2,1-2H3. The normalized spacial score (nSPS) is 11.2. The van der Waals surface area contributed by atoms with Crippen molar-refractivity contribution in [3.63, 3.8) is 0 Å². The molecule has 0 aliphatic carbocycles. The lowest BCUT2D eigenvalue weighted by atomic mass is 10.2. The van der Waals surface area contributed by atoms with Crippen molar-refractivity contribution in [1.29, 1.82) is 0 Å². The highest BCUT2D eigenvalue weighted by molar-refractivity contribution is 5.40. The third-order valence-electron chi connectivity index (χ3n) is 2.98. The first kappa shape index (κ1) is 16.9. The van der Waals surface area contributed by atoms with Crippen molar-refractivity contribution in [3.8, 4) is 0 Å². The van der Waals surface area contributed by atoms with Crippen molar-refractivity contribution < 1.29 is 13.9 Å². The predicted molar refractivity (Wildman–Crippen MR) is 79.1 cm³/mol. The second-order valence-corrected chi connectivity index (χ2v) is 4.52. The fourth-order valence-electron chi connectivity index (χ4n) is 1.88. The van der Waals surface area contributed by atoms with Crippen LogP contribution in [0.25, 0.3) is 0 Å². The van der Waals surface area contributed by atoms with Crippen LogP contribution >= 0.6 is 0 Å². The molecule has 114 valence electrons. The number of rotatable bonds is 10. The summed E-state index contributed by atoms with van der Waals surface area (Å²) in [6.07, 6.45) is 0. The van der Waals surface area contributed by atoms with Crippen LogP contribution in [0.4, 0.5) is 10.1 Å². The molecule has 0 aromatic heterocycles. The molecule has 0 saturated heterocycles. The van der Waals surface area contributed by atoms with Crippen LogP contribution in [0.15, 0.2) is 18.2 Å². The van der Waals surface area contributed by atoms with E-state index in [1.807, 2.05) is 13.8 Å². The number of hydrogen-bond donors (Lipinski definition) is 1. The molecule has 5 heteroatoms. The van der Waals surface area contributed by atoms with Gasteiger partial charge in [-0.15, -0.1) is 0 Å². The first-order valence-electron chi connectivity index (χ1n) is 7.09. The molecule has 0 bridgehead atoms. The Morgan fingerprint density at radius 1 is 1.10 bits per heavy atom. The SMILES string of the molecule is CCOCCN(CCOCC)Cc1ccc(N)cc1F. The number of nitrogens with two attached hydrogens (primary N) is 1. The van der Waals surface area contributed by atoms with E-state index in [4.69, 9.17) is 15.2 Å². The molecule has 1 aromatic carbocycles. The van der Waals surface area contributed by atoms with Gasteiger partial charge in [0.25, 0.3) is 0 Å². The zero-order valence-corrected chi connectivity index (χ0v) is 12.4. The van der Waals surface area contributed by atoms with Crippen LogP contribution in [-0.4, -0.2) is 44.4 Å². The summed E-state index contributed by atoms with van der Waals surface area (Å²) in [6.45, 7) is 8.62. The summed E-state index contributed by atoms with van der Waals surface area (Å²) in [5.41, 5.74) is 6.65. The maximum Gasteiger partial charge on any atom is 0.129 e. The molecule has 0 spiro atoms. The van der Waals surface area contributed by atoms with Crippen LogP contribution in [0, 0.1) is 5.82 Å². The molecule has 1 aromatic rings. The molecule has 0 radical (unpaired) electrons. The van der Waals surface area contributed by atoms with E-state index in [2.05, 4.69) is 4.90 Å². The maximum absolute atomic E-state index is 13.8. The van der Waals surface area contributed by atoms with E-state index in [-0.39, 0.29) is 5.82 Å². The Bertz CT molecular complexity index is 378. The van der Waals surface area contributed by atoms with Crippen molar-refractivity contribution in [1.82, 2.24) is 4.90 Å². The largest absolute Gasteiger partial charge is 0.399 e. The van der Waals surface area contributed by atoms with E-state index in [0.717, 1.165) is 13.1 Å². The van der Waals surface area contributed by atoms with Crippen LogP contribution in [0.2, 0.25) is 0 Å². The van der Waals surface area contributed by atoms with E-state index in [9.17, 15) is 4.39 Å². The van der Waals surface area contributed by atoms with Gasteiger partial charge in [0.05, 0.1) is 13.2 Å². The molecule has 0 unspecified atom stereocenters. The highest BCUT2D eigenvalue weighted by atomic mass is 19.1. The molecule has 0 atom stereocenters. The van der Waals surface area contributed by atoms with Crippen molar-refractivity contribution in [2.45, 2.75) is 20.4 Å². The molecular formula is C15H25FN2O2. The van der Waals surface area contributed by atoms with Gasteiger partial charge in [0.1, 0.15) is 5.82 Å². The molecule has 0 aliphatic rings. The Labute approximate surface area is 120 Å². The average molecular weight is 284 g/mol. The average Bonchev–Trinajstić information content (AvgIpc) is 2.42. The summed E-state index contributed by atoms with van der Waals surface area (Å²) in [4.78, 5) is 2.12. The number of nitrogens with zero attached hydrogens (tertiary/aromatic N) is 1. The molecule has 4 nitrogen and oxygen atoms in total. The van der Waals surface area contributed by atoms with Gasteiger partial charge in [-0.2, -0.15) is 0 Å². The molecule has 0 fully saturated rings. The summed E-state index contributed by atoms with van der Waals surface area (Å²) < 4.78 is 24.5. The van der Waals surface area contributed by atoms with Gasteiger partial charge in [0, 0.05) is 44.1 Å². The Kier molecular flexibility index (Phi) is 8.18. The molecular weight excluding hydrogens is 259 g/mol. The summed E-state index contributed by atoms with van der Waals surface area (Å²) in [5, 5.41) is 0. The van der Waals surface area contributed by atoms with Crippen molar-refractivity contribution in [2.24, 2.45) is 0 Å². The summed E-state index contributed by atoms with van der Waals surface area (Å²) >= 11 is 0. The Balaban J connectivity index is 2.56. The lowest BCUT2D eigenvalue weighted by molar-refractivity contribution is 0.0793. The van der Waals surface area contributed by atoms with E-state index in [1.54, 1.807) is 12.1 Å². The Morgan fingerprint density at radius 3 is 2.20 bits per heavy atom. The van der Waals surface area contributed by atoms with Gasteiger partial charge in [-0.1, -0.05) is 6.07 Å². The minimum Gasteiger partial charge on any atom is -0.399 e. The van der Waals surface area contributed by atoms with Crippen LogP contribution in [0.5, 0.6) is 0 Å². The molecule has 1 rings (SSSR count). The van der Waals surface area contributed by atoms with E-state index in [1.165, 1.54) is 6.07 Å². The number of hydrogen-bond acceptors (Lipinski definition) is 4. The topological polar surface area (TPSA) is 47.7 Å². The Morgan fingerprint density at radius 2 is 1.70 bits per heavy atom. The second-order valence-electron chi connectivity index (χ2n) is 4.52. The molecule has 0 aliphatic heterocycles. The smallest absolute Gasteiger partial charge is 0.129 e. The number of nitrogen functional groups attached to an aromatic ring is 1. The highest BCUT2D eigenvalue weighted by Gasteiger charge is 2.10. The lowest BCUT2D eigenvalue weighted by Gasteiger charge is -2.22. The summed E-state index contributed by atoms with van der Waals surface area (Å²) in [6, 6.07) is 4.82. The van der Waals surface area contributed by atoms with Gasteiger partial charge in [-0.25, -0.2) is 4.39 Å². The number of anilines is 1. The minimum absolute atomic E-state index is 0.261. The van der Waals surface area contributed by atoms with Gasteiger partial charge in [0.2, 0.25) is 0 Å². The van der Waals surface area contributed by atoms with Crippen LogP contribution < -0.4 is 5.73 Å².